The molecule has 32 heavy (non-hydrogen) atoms. The maximum Gasteiger partial charge on any atom is 0.417 e. The van der Waals surface area contributed by atoms with E-state index >= 15 is 0 Å². The van der Waals surface area contributed by atoms with E-state index in [1.54, 1.807) is 5.38 Å². The molecular formula is C19H19F3N6O3S. The van der Waals surface area contributed by atoms with Crippen LogP contribution in [0.5, 0.6) is 0 Å². The van der Waals surface area contributed by atoms with E-state index < -0.39 is 29.6 Å². The van der Waals surface area contributed by atoms with Gasteiger partial charge in [-0.3, -0.25) is 14.6 Å². The van der Waals surface area contributed by atoms with Crippen molar-refractivity contribution < 1.29 is 27.9 Å². The Morgan fingerprint density at radius 2 is 2.00 bits per heavy atom. The van der Waals surface area contributed by atoms with Crippen LogP contribution in [0.1, 0.15) is 37.6 Å². The van der Waals surface area contributed by atoms with Gasteiger partial charge < -0.3 is 26.5 Å². The standard InChI is InChI=1S/C19H19F3N6O3S/c20-19(21,22)10-1-2-11(25-8-10)12-3-4-13(26-12)16(30)27-14(7-23)15-9-32-18(28-15)17(31)24-5-6-29/h1-4,8-9,14,26,29H,5-7,23H2,(H,24,31)(H,27,30). The molecule has 1 unspecified atom stereocenters. The number of amides is 2. The maximum atomic E-state index is 12.7. The van der Waals surface area contributed by atoms with Crippen LogP contribution >= 0.6 is 11.3 Å². The number of halogens is 3. The molecule has 0 saturated heterocycles. The van der Waals surface area contributed by atoms with Crippen LogP contribution in [0.15, 0.2) is 35.8 Å². The van der Waals surface area contributed by atoms with Crippen molar-refractivity contribution in [1.82, 2.24) is 25.6 Å². The summed E-state index contributed by atoms with van der Waals surface area (Å²) in [5, 5.41) is 15.7. The largest absolute Gasteiger partial charge is 0.417 e. The number of thiazole rings is 1. The first-order valence-electron chi connectivity index (χ1n) is 9.31. The lowest BCUT2D eigenvalue weighted by Crippen LogP contribution is -2.34. The fourth-order valence-electron chi connectivity index (χ4n) is 2.68. The number of hydrogen-bond acceptors (Lipinski definition) is 7. The lowest BCUT2D eigenvalue weighted by atomic mass is 10.2. The minimum atomic E-state index is -4.49. The van der Waals surface area contributed by atoms with E-state index in [-0.39, 0.29) is 36.1 Å². The van der Waals surface area contributed by atoms with Crippen LogP contribution in [0.25, 0.3) is 11.4 Å². The van der Waals surface area contributed by atoms with E-state index in [1.165, 1.54) is 18.2 Å². The van der Waals surface area contributed by atoms with Gasteiger partial charge in [-0.2, -0.15) is 13.2 Å². The quantitative estimate of drug-likeness (QED) is 0.340. The first-order valence-corrected chi connectivity index (χ1v) is 10.2. The van der Waals surface area contributed by atoms with Crippen molar-refractivity contribution in [3.8, 4) is 11.4 Å². The van der Waals surface area contributed by atoms with Gasteiger partial charge in [0.15, 0.2) is 5.01 Å². The molecule has 0 bridgehead atoms. The maximum absolute atomic E-state index is 12.7. The highest BCUT2D eigenvalue weighted by Gasteiger charge is 2.30. The number of nitrogens with one attached hydrogen (secondary N) is 3. The van der Waals surface area contributed by atoms with Gasteiger partial charge in [0, 0.05) is 24.7 Å². The fraction of sp³-hybridized carbons (Fsp3) is 0.263. The number of rotatable bonds is 8. The van der Waals surface area contributed by atoms with Crippen molar-refractivity contribution >= 4 is 23.2 Å². The van der Waals surface area contributed by atoms with E-state index in [9.17, 15) is 22.8 Å². The summed E-state index contributed by atoms with van der Waals surface area (Å²) in [6.45, 7) is -0.0967. The van der Waals surface area contributed by atoms with Gasteiger partial charge in [-0.05, 0) is 24.3 Å². The van der Waals surface area contributed by atoms with Crippen molar-refractivity contribution in [2.24, 2.45) is 5.73 Å². The van der Waals surface area contributed by atoms with Crippen LogP contribution in [0.2, 0.25) is 0 Å². The Balaban J connectivity index is 1.68. The summed E-state index contributed by atoms with van der Waals surface area (Å²) in [4.78, 5) is 35.3. The third-order valence-corrected chi connectivity index (χ3v) is 5.17. The molecular weight excluding hydrogens is 449 g/mol. The SMILES string of the molecule is NCC(NC(=O)c1ccc(-c2ccc(C(F)(F)F)cn2)[nH]1)c1csc(C(=O)NCCO)n1. The van der Waals surface area contributed by atoms with Crippen molar-refractivity contribution in [2.75, 3.05) is 19.7 Å². The number of carbonyl (C=O) groups excluding carboxylic acids is 2. The molecule has 1 atom stereocenters. The zero-order valence-electron chi connectivity index (χ0n) is 16.4. The average Bonchev–Trinajstić information content (AvgIpc) is 3.45. The van der Waals surface area contributed by atoms with Crippen molar-refractivity contribution in [2.45, 2.75) is 12.2 Å². The minimum Gasteiger partial charge on any atom is -0.395 e. The van der Waals surface area contributed by atoms with Gasteiger partial charge in [-0.15, -0.1) is 11.3 Å². The third-order valence-electron chi connectivity index (χ3n) is 4.31. The zero-order valence-corrected chi connectivity index (χ0v) is 17.3. The van der Waals surface area contributed by atoms with Crippen LogP contribution < -0.4 is 16.4 Å². The molecule has 13 heteroatoms. The van der Waals surface area contributed by atoms with Crippen LogP contribution in [0, 0.1) is 0 Å². The second-order valence-electron chi connectivity index (χ2n) is 6.53. The van der Waals surface area contributed by atoms with Crippen LogP contribution in [-0.4, -0.2) is 51.6 Å². The molecule has 3 heterocycles. The molecule has 0 aliphatic rings. The van der Waals surface area contributed by atoms with Gasteiger partial charge in [0.1, 0.15) is 5.69 Å². The average molecular weight is 468 g/mol. The molecule has 2 amide bonds. The fourth-order valence-corrected chi connectivity index (χ4v) is 3.47. The van der Waals surface area contributed by atoms with Gasteiger partial charge in [0.2, 0.25) is 0 Å². The Hall–Kier alpha value is -3.29. The Kier molecular flexibility index (Phi) is 7.22. The molecule has 0 aromatic carbocycles. The number of hydrogen-bond donors (Lipinski definition) is 5. The molecule has 0 aliphatic carbocycles. The molecule has 9 nitrogen and oxygen atoms in total. The normalized spacial score (nSPS) is 12.4. The second kappa shape index (κ2) is 9.89. The number of nitrogens with two attached hydrogens (primary N) is 1. The molecule has 170 valence electrons. The number of carbonyl (C=O) groups is 2. The lowest BCUT2D eigenvalue weighted by molar-refractivity contribution is -0.137. The number of aliphatic hydroxyl groups is 1. The predicted octanol–water partition coefficient (Wildman–Crippen LogP) is 1.70. The first-order chi connectivity index (χ1) is 15.2. The molecule has 0 fully saturated rings. The minimum absolute atomic E-state index is 0.0151. The van der Waals surface area contributed by atoms with E-state index in [1.807, 2.05) is 0 Å². The topological polar surface area (TPSA) is 146 Å². The Labute approximate surface area is 183 Å². The van der Waals surface area contributed by atoms with Crippen molar-refractivity contribution in [3.05, 3.63) is 57.8 Å². The Morgan fingerprint density at radius 1 is 1.22 bits per heavy atom. The predicted molar refractivity (Wildman–Crippen MR) is 110 cm³/mol. The lowest BCUT2D eigenvalue weighted by Gasteiger charge is -2.14. The van der Waals surface area contributed by atoms with Gasteiger partial charge in [-0.1, -0.05) is 0 Å². The van der Waals surface area contributed by atoms with E-state index in [0.717, 1.165) is 23.6 Å². The number of nitrogens with zero attached hydrogens (tertiary/aromatic N) is 2. The third kappa shape index (κ3) is 5.49. The smallest absolute Gasteiger partial charge is 0.395 e. The molecule has 6 N–H and O–H groups in total. The van der Waals surface area contributed by atoms with Gasteiger partial charge >= 0.3 is 6.18 Å². The van der Waals surface area contributed by atoms with E-state index in [0.29, 0.717) is 11.4 Å². The van der Waals surface area contributed by atoms with E-state index in [4.69, 9.17) is 10.8 Å². The Morgan fingerprint density at radius 3 is 2.62 bits per heavy atom. The van der Waals surface area contributed by atoms with Crippen molar-refractivity contribution in [1.29, 1.82) is 0 Å². The summed E-state index contributed by atoms with van der Waals surface area (Å²) in [6, 6.07) is 4.43. The highest BCUT2D eigenvalue weighted by Crippen LogP contribution is 2.29. The second-order valence-corrected chi connectivity index (χ2v) is 7.39. The summed E-state index contributed by atoms with van der Waals surface area (Å²) in [5.41, 5.74) is 6.03. The number of aromatic amines is 1. The zero-order chi connectivity index (χ0) is 23.3. The molecule has 0 saturated carbocycles. The number of H-pyrrole nitrogens is 1. The van der Waals surface area contributed by atoms with Crippen LogP contribution in [0.4, 0.5) is 13.2 Å². The van der Waals surface area contributed by atoms with E-state index in [2.05, 4.69) is 25.6 Å². The summed E-state index contributed by atoms with van der Waals surface area (Å²) in [6.07, 6.45) is -3.77. The first kappa shape index (κ1) is 23.4. The van der Waals surface area contributed by atoms with Crippen LogP contribution in [-0.2, 0) is 6.18 Å². The Bertz CT molecular complexity index is 1080. The summed E-state index contributed by atoms with van der Waals surface area (Å²) in [7, 11) is 0. The summed E-state index contributed by atoms with van der Waals surface area (Å²) in [5.74, 6) is -0.964. The monoisotopic (exact) mass is 468 g/mol. The summed E-state index contributed by atoms with van der Waals surface area (Å²) < 4.78 is 38.0. The highest BCUT2D eigenvalue weighted by molar-refractivity contribution is 7.11. The van der Waals surface area contributed by atoms with Gasteiger partial charge in [0.05, 0.1) is 35.3 Å². The number of alkyl halides is 3. The molecule has 3 rings (SSSR count). The van der Waals surface area contributed by atoms with Crippen LogP contribution in [0.3, 0.4) is 0 Å². The van der Waals surface area contributed by atoms with Gasteiger partial charge in [-0.25, -0.2) is 4.98 Å². The number of aromatic nitrogens is 3. The molecule has 0 radical (unpaired) electrons. The van der Waals surface area contributed by atoms with Crippen molar-refractivity contribution in [3.63, 3.8) is 0 Å². The molecule has 3 aromatic rings. The molecule has 0 spiro atoms. The highest BCUT2D eigenvalue weighted by atomic mass is 32.1. The molecule has 3 aromatic heterocycles. The number of pyridine rings is 1. The number of aliphatic hydroxyl groups excluding tert-OH is 1. The van der Waals surface area contributed by atoms with Gasteiger partial charge in [0.25, 0.3) is 11.8 Å². The molecule has 0 aliphatic heterocycles. The summed E-state index contributed by atoms with van der Waals surface area (Å²) >= 11 is 1.07.